The molecule has 16 heavy (non-hydrogen) atoms. The van der Waals surface area contributed by atoms with Crippen molar-refractivity contribution in [1.82, 2.24) is 5.32 Å². The lowest BCUT2D eigenvalue weighted by molar-refractivity contribution is -0.119. The SMILES string of the molecule is O=C(CCc1ccccc1)C[C@@H]1CCCN1. The molecule has 0 saturated carbocycles. The van der Waals surface area contributed by atoms with Crippen LogP contribution in [-0.4, -0.2) is 18.4 Å². The highest BCUT2D eigenvalue weighted by molar-refractivity contribution is 5.79. The molecule has 1 aromatic rings. The van der Waals surface area contributed by atoms with E-state index >= 15 is 0 Å². The van der Waals surface area contributed by atoms with Crippen molar-refractivity contribution < 1.29 is 4.79 Å². The molecule has 1 aliphatic rings. The lowest BCUT2D eigenvalue weighted by Crippen LogP contribution is -2.24. The number of carbonyl (C=O) groups is 1. The second kappa shape index (κ2) is 5.80. The fourth-order valence-corrected chi connectivity index (χ4v) is 2.24. The van der Waals surface area contributed by atoms with E-state index < -0.39 is 0 Å². The van der Waals surface area contributed by atoms with Gasteiger partial charge in [0.1, 0.15) is 5.78 Å². The van der Waals surface area contributed by atoms with Crippen molar-refractivity contribution in [3.05, 3.63) is 35.9 Å². The summed E-state index contributed by atoms with van der Waals surface area (Å²) >= 11 is 0. The first-order valence-electron chi connectivity index (χ1n) is 6.13. The Morgan fingerprint density at radius 1 is 1.31 bits per heavy atom. The van der Waals surface area contributed by atoms with Crippen molar-refractivity contribution in [3.63, 3.8) is 0 Å². The van der Waals surface area contributed by atoms with Gasteiger partial charge in [-0.15, -0.1) is 0 Å². The van der Waals surface area contributed by atoms with Crippen LogP contribution in [0, 0.1) is 0 Å². The lowest BCUT2D eigenvalue weighted by atomic mass is 10.0. The lowest BCUT2D eigenvalue weighted by Gasteiger charge is -2.08. The van der Waals surface area contributed by atoms with E-state index in [9.17, 15) is 4.79 Å². The van der Waals surface area contributed by atoms with Crippen LogP contribution in [0.15, 0.2) is 30.3 Å². The molecule has 1 fully saturated rings. The van der Waals surface area contributed by atoms with Crippen molar-refractivity contribution in [2.75, 3.05) is 6.54 Å². The van der Waals surface area contributed by atoms with Gasteiger partial charge in [-0.3, -0.25) is 4.79 Å². The van der Waals surface area contributed by atoms with Gasteiger partial charge < -0.3 is 5.32 Å². The first-order chi connectivity index (χ1) is 7.84. The van der Waals surface area contributed by atoms with Crippen LogP contribution in [0.3, 0.4) is 0 Å². The first kappa shape index (κ1) is 11.3. The second-order valence-electron chi connectivity index (χ2n) is 4.52. The summed E-state index contributed by atoms with van der Waals surface area (Å²) in [7, 11) is 0. The van der Waals surface area contributed by atoms with Crippen molar-refractivity contribution in [2.24, 2.45) is 0 Å². The van der Waals surface area contributed by atoms with Gasteiger partial charge in [0.15, 0.2) is 0 Å². The third-order valence-corrected chi connectivity index (χ3v) is 3.17. The average molecular weight is 217 g/mol. The Morgan fingerprint density at radius 2 is 2.12 bits per heavy atom. The molecule has 2 heteroatoms. The number of carbonyl (C=O) groups excluding carboxylic acids is 1. The molecule has 86 valence electrons. The van der Waals surface area contributed by atoms with E-state index in [0.29, 0.717) is 24.7 Å². The summed E-state index contributed by atoms with van der Waals surface area (Å²) in [6.07, 6.45) is 4.66. The Bertz CT molecular complexity index is 328. The zero-order chi connectivity index (χ0) is 11.2. The number of hydrogen-bond donors (Lipinski definition) is 1. The van der Waals surface area contributed by atoms with Crippen LogP contribution in [0.2, 0.25) is 0 Å². The molecule has 1 aromatic carbocycles. The number of aryl methyl sites for hydroxylation is 1. The smallest absolute Gasteiger partial charge is 0.134 e. The van der Waals surface area contributed by atoms with Crippen LogP contribution in [0.5, 0.6) is 0 Å². The molecule has 1 saturated heterocycles. The number of benzene rings is 1. The van der Waals surface area contributed by atoms with Crippen LogP contribution in [0.25, 0.3) is 0 Å². The molecular formula is C14H19NO. The number of nitrogens with one attached hydrogen (secondary N) is 1. The topological polar surface area (TPSA) is 29.1 Å². The molecule has 0 radical (unpaired) electrons. The van der Waals surface area contributed by atoms with E-state index in [4.69, 9.17) is 0 Å². The molecule has 0 amide bonds. The first-order valence-corrected chi connectivity index (χ1v) is 6.13. The maximum atomic E-state index is 11.7. The van der Waals surface area contributed by atoms with Crippen LogP contribution < -0.4 is 5.32 Å². The Hall–Kier alpha value is -1.15. The molecule has 0 unspecified atom stereocenters. The van der Waals surface area contributed by atoms with Gasteiger partial charge in [-0.05, 0) is 31.4 Å². The fourth-order valence-electron chi connectivity index (χ4n) is 2.24. The molecule has 1 N–H and O–H groups in total. The van der Waals surface area contributed by atoms with Gasteiger partial charge in [0.2, 0.25) is 0 Å². The molecular weight excluding hydrogens is 198 g/mol. The Morgan fingerprint density at radius 3 is 2.81 bits per heavy atom. The summed E-state index contributed by atoms with van der Waals surface area (Å²) in [5.74, 6) is 0.392. The summed E-state index contributed by atoms with van der Waals surface area (Å²) in [5.41, 5.74) is 1.26. The molecule has 2 rings (SSSR count). The predicted octanol–water partition coefficient (Wildman–Crippen LogP) is 2.33. The largest absolute Gasteiger partial charge is 0.314 e. The normalized spacial score (nSPS) is 19.9. The van der Waals surface area contributed by atoms with E-state index in [1.54, 1.807) is 0 Å². The maximum absolute atomic E-state index is 11.7. The number of Topliss-reactive ketones (excluding diaryl/α,β-unsaturated/α-hetero) is 1. The maximum Gasteiger partial charge on any atom is 0.134 e. The average Bonchev–Trinajstić information content (AvgIpc) is 2.81. The van der Waals surface area contributed by atoms with E-state index in [0.717, 1.165) is 19.4 Å². The van der Waals surface area contributed by atoms with Gasteiger partial charge in [-0.25, -0.2) is 0 Å². The third kappa shape index (κ3) is 3.46. The Balaban J connectivity index is 1.71. The molecule has 0 aliphatic carbocycles. The van der Waals surface area contributed by atoms with Crippen molar-refractivity contribution >= 4 is 5.78 Å². The quantitative estimate of drug-likeness (QED) is 0.820. The highest BCUT2D eigenvalue weighted by Crippen LogP contribution is 2.11. The molecule has 2 nitrogen and oxygen atoms in total. The fraction of sp³-hybridized carbons (Fsp3) is 0.500. The number of rotatable bonds is 5. The predicted molar refractivity (Wildman–Crippen MR) is 65.4 cm³/mol. The minimum atomic E-state index is 0.392. The number of hydrogen-bond acceptors (Lipinski definition) is 2. The Labute approximate surface area is 97.1 Å². The van der Waals surface area contributed by atoms with Gasteiger partial charge in [-0.2, -0.15) is 0 Å². The van der Waals surface area contributed by atoms with Crippen LogP contribution in [0.1, 0.15) is 31.2 Å². The van der Waals surface area contributed by atoms with E-state index in [-0.39, 0.29) is 0 Å². The zero-order valence-electron chi connectivity index (χ0n) is 9.61. The summed E-state index contributed by atoms with van der Waals surface area (Å²) in [6, 6.07) is 10.7. The van der Waals surface area contributed by atoms with Gasteiger partial charge in [0, 0.05) is 18.9 Å². The van der Waals surface area contributed by atoms with Gasteiger partial charge in [-0.1, -0.05) is 30.3 Å². The number of ketones is 1. The molecule has 1 aliphatic heterocycles. The van der Waals surface area contributed by atoms with Crippen LogP contribution >= 0.6 is 0 Å². The molecule has 1 atom stereocenters. The van der Waals surface area contributed by atoms with Crippen molar-refractivity contribution in [2.45, 2.75) is 38.1 Å². The molecule has 0 spiro atoms. The highest BCUT2D eigenvalue weighted by Gasteiger charge is 2.17. The van der Waals surface area contributed by atoms with Crippen LogP contribution in [0.4, 0.5) is 0 Å². The minimum absolute atomic E-state index is 0.392. The summed E-state index contributed by atoms with van der Waals surface area (Å²) in [4.78, 5) is 11.7. The molecule has 0 aromatic heterocycles. The summed E-state index contributed by atoms with van der Waals surface area (Å²) in [5, 5.41) is 3.36. The van der Waals surface area contributed by atoms with E-state index in [1.165, 1.54) is 12.0 Å². The second-order valence-corrected chi connectivity index (χ2v) is 4.52. The van der Waals surface area contributed by atoms with Crippen molar-refractivity contribution in [3.8, 4) is 0 Å². The monoisotopic (exact) mass is 217 g/mol. The third-order valence-electron chi connectivity index (χ3n) is 3.17. The van der Waals surface area contributed by atoms with Gasteiger partial charge in [0.05, 0.1) is 0 Å². The van der Waals surface area contributed by atoms with Gasteiger partial charge in [0.25, 0.3) is 0 Å². The van der Waals surface area contributed by atoms with E-state index in [1.807, 2.05) is 18.2 Å². The van der Waals surface area contributed by atoms with E-state index in [2.05, 4.69) is 17.4 Å². The minimum Gasteiger partial charge on any atom is -0.314 e. The van der Waals surface area contributed by atoms with Gasteiger partial charge >= 0.3 is 0 Å². The standard InChI is InChI=1S/C14H19NO/c16-14(11-13-7-4-10-15-13)9-8-12-5-2-1-3-6-12/h1-3,5-6,13,15H,4,7-11H2/t13-/m0/s1. The summed E-state index contributed by atoms with van der Waals surface area (Å²) < 4.78 is 0. The van der Waals surface area contributed by atoms with Crippen LogP contribution in [-0.2, 0) is 11.2 Å². The Kier molecular flexibility index (Phi) is 4.11. The molecule has 0 bridgehead atoms. The zero-order valence-corrected chi connectivity index (χ0v) is 9.61. The highest BCUT2D eigenvalue weighted by atomic mass is 16.1. The van der Waals surface area contributed by atoms with Crippen molar-refractivity contribution in [1.29, 1.82) is 0 Å². The molecule has 1 heterocycles. The summed E-state index contributed by atoms with van der Waals surface area (Å²) in [6.45, 7) is 1.08.